The number of hydrogen-bond acceptors (Lipinski definition) is 7. The number of methoxy groups -OCH3 is 1. The summed E-state index contributed by atoms with van der Waals surface area (Å²) >= 11 is 2.07. The summed E-state index contributed by atoms with van der Waals surface area (Å²) in [4.78, 5) is 28.3. The van der Waals surface area contributed by atoms with Crippen LogP contribution in [0.15, 0.2) is 48.0 Å². The largest absolute Gasteiger partial charge is 0.493 e. The molecule has 9 nitrogen and oxygen atoms in total. The fourth-order valence-corrected chi connectivity index (χ4v) is 5.50. The van der Waals surface area contributed by atoms with Gasteiger partial charge in [0, 0.05) is 31.0 Å². The molecule has 0 aromatic heterocycles. The lowest BCUT2D eigenvalue weighted by Gasteiger charge is -2.41. The maximum atomic E-state index is 13.5. The Kier molecular flexibility index (Phi) is 9.86. The fourth-order valence-electron chi connectivity index (χ4n) is 4.71. The van der Waals surface area contributed by atoms with E-state index in [0.717, 1.165) is 24.0 Å². The van der Waals surface area contributed by atoms with E-state index in [2.05, 4.69) is 27.9 Å². The second kappa shape index (κ2) is 13.1. The molecule has 2 amide bonds. The molecule has 210 valence electrons. The first-order valence-electron chi connectivity index (χ1n) is 13.0. The quantitative estimate of drug-likeness (QED) is 0.275. The summed E-state index contributed by atoms with van der Waals surface area (Å²) in [5, 5.41) is 33.1. The van der Waals surface area contributed by atoms with Crippen LogP contribution in [0.4, 0.5) is 0 Å². The number of aliphatic hydroxyl groups excluding tert-OH is 3. The number of aryl methyl sites for hydroxylation is 1. The van der Waals surface area contributed by atoms with Crippen LogP contribution in [-0.2, 0) is 22.7 Å². The highest BCUT2D eigenvalue weighted by molar-refractivity contribution is 14.1. The summed E-state index contributed by atoms with van der Waals surface area (Å²) in [6, 6.07) is 10.6. The Morgan fingerprint density at radius 3 is 2.46 bits per heavy atom. The highest BCUT2D eigenvalue weighted by Gasteiger charge is 2.44. The van der Waals surface area contributed by atoms with Crippen LogP contribution < -0.4 is 14.8 Å². The van der Waals surface area contributed by atoms with E-state index in [-0.39, 0.29) is 43.9 Å². The van der Waals surface area contributed by atoms with Crippen LogP contribution in [0.5, 0.6) is 11.5 Å². The zero-order chi connectivity index (χ0) is 28.1. The number of aliphatic hydroxyl groups is 3. The molecule has 2 aromatic carbocycles. The van der Waals surface area contributed by atoms with Crippen LogP contribution >= 0.6 is 22.6 Å². The summed E-state index contributed by atoms with van der Waals surface area (Å²) in [6.45, 7) is 1.98. The van der Waals surface area contributed by atoms with Crippen molar-refractivity contribution < 1.29 is 34.4 Å². The van der Waals surface area contributed by atoms with E-state index in [1.807, 2.05) is 31.2 Å². The van der Waals surface area contributed by atoms with Crippen molar-refractivity contribution in [2.45, 2.75) is 57.6 Å². The molecule has 10 heteroatoms. The normalized spacial score (nSPS) is 20.7. The SMILES string of the molecule is COc1cc(CO)cc(I)c1OC1C=C(C(=O)NCCO)CC(N(Cc2ccc(C)cc2)C(=O)C2CC2)C1O. The van der Waals surface area contributed by atoms with Gasteiger partial charge in [-0.05, 0) is 71.7 Å². The monoisotopic (exact) mass is 650 g/mol. The fraction of sp³-hybridized carbons (Fsp3) is 0.448. The van der Waals surface area contributed by atoms with Gasteiger partial charge in [0.1, 0.15) is 12.2 Å². The molecule has 0 aliphatic heterocycles. The van der Waals surface area contributed by atoms with E-state index in [1.54, 1.807) is 23.1 Å². The predicted molar refractivity (Wildman–Crippen MR) is 153 cm³/mol. The van der Waals surface area contributed by atoms with E-state index < -0.39 is 18.2 Å². The van der Waals surface area contributed by atoms with Gasteiger partial charge >= 0.3 is 0 Å². The molecule has 2 aliphatic rings. The summed E-state index contributed by atoms with van der Waals surface area (Å²) in [5.41, 5.74) is 3.04. The summed E-state index contributed by atoms with van der Waals surface area (Å²) in [5.74, 6) is 0.220. The molecule has 0 bridgehead atoms. The van der Waals surface area contributed by atoms with Crippen LogP contribution in [-0.4, -0.2) is 70.5 Å². The average Bonchev–Trinajstić information content (AvgIpc) is 3.78. The van der Waals surface area contributed by atoms with Crippen LogP contribution in [0.2, 0.25) is 0 Å². The van der Waals surface area contributed by atoms with E-state index in [0.29, 0.717) is 32.8 Å². The maximum absolute atomic E-state index is 13.5. The number of ether oxygens (including phenoxy) is 2. The van der Waals surface area contributed by atoms with E-state index in [4.69, 9.17) is 9.47 Å². The molecule has 2 aromatic rings. The van der Waals surface area contributed by atoms with Crippen LogP contribution in [0.1, 0.15) is 36.0 Å². The zero-order valence-electron chi connectivity index (χ0n) is 22.1. The number of carbonyl (C=O) groups is 2. The Bertz CT molecular complexity index is 1210. The van der Waals surface area contributed by atoms with E-state index in [9.17, 15) is 24.9 Å². The Morgan fingerprint density at radius 1 is 1.13 bits per heavy atom. The van der Waals surface area contributed by atoms with Crippen molar-refractivity contribution >= 4 is 34.4 Å². The molecule has 0 radical (unpaired) electrons. The van der Waals surface area contributed by atoms with Gasteiger partial charge in [-0.25, -0.2) is 0 Å². The average molecular weight is 651 g/mol. The first-order chi connectivity index (χ1) is 18.7. The van der Waals surface area contributed by atoms with Crippen LogP contribution in [0.25, 0.3) is 0 Å². The van der Waals surface area contributed by atoms with Gasteiger partial charge in [-0.15, -0.1) is 0 Å². The number of amides is 2. The van der Waals surface area contributed by atoms with Gasteiger partial charge in [-0.2, -0.15) is 0 Å². The van der Waals surface area contributed by atoms with Crippen molar-refractivity contribution in [1.82, 2.24) is 10.2 Å². The van der Waals surface area contributed by atoms with Crippen LogP contribution in [0.3, 0.4) is 0 Å². The number of carbonyl (C=O) groups excluding carboxylic acids is 2. The van der Waals surface area contributed by atoms with Gasteiger partial charge in [0.25, 0.3) is 0 Å². The third-order valence-corrected chi connectivity index (χ3v) is 7.82. The number of rotatable bonds is 11. The number of benzene rings is 2. The van der Waals surface area contributed by atoms with Gasteiger partial charge in [-0.3, -0.25) is 9.59 Å². The molecule has 1 saturated carbocycles. The minimum absolute atomic E-state index is 0.0464. The van der Waals surface area contributed by atoms with Gasteiger partial charge in [-0.1, -0.05) is 29.8 Å². The molecule has 39 heavy (non-hydrogen) atoms. The number of hydrogen-bond donors (Lipinski definition) is 4. The smallest absolute Gasteiger partial charge is 0.247 e. The summed E-state index contributed by atoms with van der Waals surface area (Å²) < 4.78 is 12.5. The van der Waals surface area contributed by atoms with Gasteiger partial charge < -0.3 is 35.0 Å². The van der Waals surface area contributed by atoms with Crippen molar-refractivity contribution in [3.8, 4) is 11.5 Å². The van der Waals surface area contributed by atoms with Crippen molar-refractivity contribution in [3.63, 3.8) is 0 Å². The number of halogens is 1. The molecule has 0 heterocycles. The Balaban J connectivity index is 1.70. The minimum atomic E-state index is -1.13. The van der Waals surface area contributed by atoms with Crippen molar-refractivity contribution in [1.29, 1.82) is 0 Å². The third-order valence-electron chi connectivity index (χ3n) is 7.02. The molecule has 4 N–H and O–H groups in total. The Hall–Kier alpha value is -2.67. The number of nitrogens with one attached hydrogen (secondary N) is 1. The summed E-state index contributed by atoms with van der Waals surface area (Å²) in [7, 11) is 1.49. The molecule has 1 fully saturated rings. The molecule has 2 aliphatic carbocycles. The van der Waals surface area contributed by atoms with Crippen molar-refractivity contribution in [3.05, 3.63) is 68.3 Å². The highest BCUT2D eigenvalue weighted by Crippen LogP contribution is 2.39. The first-order valence-corrected chi connectivity index (χ1v) is 14.1. The third kappa shape index (κ3) is 7.10. The second-order valence-electron chi connectivity index (χ2n) is 10.0. The molecule has 3 atom stereocenters. The Labute approximate surface area is 241 Å². The van der Waals surface area contributed by atoms with Crippen LogP contribution in [0, 0.1) is 16.4 Å². The standard InChI is InChI=1S/C29H35IN2O7/c1-17-3-5-18(6-4-17)15-32(29(37)20-7-8-20)23-13-21(28(36)31-9-10-33)14-24(26(23)35)39-27-22(30)11-19(16-34)12-25(27)38-2/h3-6,11-12,14,20,23-24,26,33-35H,7-10,13,15-16H2,1-2H3,(H,31,36). The summed E-state index contributed by atoms with van der Waals surface area (Å²) in [6.07, 6.45) is 1.23. The van der Waals surface area contributed by atoms with E-state index >= 15 is 0 Å². The van der Waals surface area contributed by atoms with Crippen molar-refractivity contribution in [2.75, 3.05) is 20.3 Å². The van der Waals surface area contributed by atoms with Gasteiger partial charge in [0.05, 0.1) is 29.9 Å². The lowest BCUT2D eigenvalue weighted by atomic mass is 9.87. The molecule has 4 rings (SSSR count). The van der Waals surface area contributed by atoms with Gasteiger partial charge in [0.15, 0.2) is 11.5 Å². The molecular weight excluding hydrogens is 615 g/mol. The highest BCUT2D eigenvalue weighted by atomic mass is 127. The molecule has 0 spiro atoms. The predicted octanol–water partition coefficient (Wildman–Crippen LogP) is 2.45. The molecule has 3 unspecified atom stereocenters. The van der Waals surface area contributed by atoms with E-state index in [1.165, 1.54) is 7.11 Å². The number of nitrogens with zero attached hydrogens (tertiary/aromatic N) is 1. The van der Waals surface area contributed by atoms with Crippen molar-refractivity contribution in [2.24, 2.45) is 5.92 Å². The lowest BCUT2D eigenvalue weighted by molar-refractivity contribution is -0.140. The zero-order valence-corrected chi connectivity index (χ0v) is 24.3. The maximum Gasteiger partial charge on any atom is 0.247 e. The Morgan fingerprint density at radius 2 is 1.85 bits per heavy atom. The minimum Gasteiger partial charge on any atom is -0.493 e. The lowest BCUT2D eigenvalue weighted by Crippen LogP contribution is -2.55. The first kappa shape index (κ1) is 29.3. The molecule has 0 saturated heterocycles. The van der Waals surface area contributed by atoms with Gasteiger partial charge in [0.2, 0.25) is 11.8 Å². The molecular formula is C29H35IN2O7. The second-order valence-corrected chi connectivity index (χ2v) is 11.2. The topological polar surface area (TPSA) is 129 Å².